The summed E-state index contributed by atoms with van der Waals surface area (Å²) < 4.78 is 0. The van der Waals surface area contributed by atoms with Crippen LogP contribution in [0.15, 0.2) is 82.4 Å². The third-order valence-corrected chi connectivity index (χ3v) is 12.3. The van der Waals surface area contributed by atoms with Crippen LogP contribution in [-0.4, -0.2) is 23.9 Å². The molecular weight excluding hydrogens is 707 g/mol. The summed E-state index contributed by atoms with van der Waals surface area (Å²) >= 11 is 1.88. The Morgan fingerprint density at radius 3 is 2.27 bits per heavy atom. The molecule has 0 bridgehead atoms. The number of hydrogen-bond donors (Lipinski definition) is 1. The quantitative estimate of drug-likeness (QED) is 0.0818. The second kappa shape index (κ2) is 10.7. The second-order valence-electron chi connectivity index (χ2n) is 13.0. The van der Waals surface area contributed by atoms with Gasteiger partial charge in [0.1, 0.15) is 5.76 Å². The fourth-order valence-electron chi connectivity index (χ4n) is 5.09. The number of rotatable bonds is 1. The zero-order chi connectivity index (χ0) is 28.3. The van der Waals surface area contributed by atoms with E-state index in [2.05, 4.69) is 73.8 Å². The minimum atomic E-state index is -1.66. The van der Waals surface area contributed by atoms with E-state index < -0.39 is 13.5 Å². The number of carbonyl (C=O) groups is 1. The van der Waals surface area contributed by atoms with Crippen molar-refractivity contribution < 1.29 is 30.0 Å². The first-order valence-electron chi connectivity index (χ1n) is 13.4. The number of hydrogen-bond acceptors (Lipinski definition) is 4. The van der Waals surface area contributed by atoms with E-state index in [-0.39, 0.29) is 37.1 Å². The van der Waals surface area contributed by atoms with Gasteiger partial charge >= 0.3 is 0 Å². The summed E-state index contributed by atoms with van der Waals surface area (Å²) in [7, 11) is -1.66. The molecule has 0 saturated carbocycles. The molecule has 3 nitrogen and oxygen atoms in total. The van der Waals surface area contributed by atoms with Gasteiger partial charge in [-0.25, -0.2) is 0 Å². The Morgan fingerprint density at radius 1 is 0.925 bits per heavy atom. The molecule has 6 heteroatoms. The zero-order valence-electron chi connectivity index (χ0n) is 24.4. The van der Waals surface area contributed by atoms with E-state index in [1.807, 2.05) is 59.5 Å². The van der Waals surface area contributed by atoms with Crippen LogP contribution in [0.4, 0.5) is 0 Å². The number of allylic oxidation sites excluding steroid dienone is 2. The van der Waals surface area contributed by atoms with Crippen LogP contribution in [0.25, 0.3) is 33.2 Å². The second-order valence-corrected chi connectivity index (χ2v) is 18.3. The maximum absolute atomic E-state index is 11.5. The van der Waals surface area contributed by atoms with E-state index in [9.17, 15) is 9.90 Å². The first kappa shape index (κ1) is 30.5. The molecule has 2 aliphatic heterocycles. The van der Waals surface area contributed by atoms with Gasteiger partial charge in [0, 0.05) is 58.7 Å². The summed E-state index contributed by atoms with van der Waals surface area (Å²) in [5.74, 6) is 0.104. The van der Waals surface area contributed by atoms with Crippen LogP contribution in [0.3, 0.4) is 0 Å². The van der Waals surface area contributed by atoms with Gasteiger partial charge in [0.2, 0.25) is 0 Å². The van der Waals surface area contributed by atoms with Gasteiger partial charge in [-0.3, -0.25) is 4.79 Å². The minimum absolute atomic E-state index is 0. The van der Waals surface area contributed by atoms with Gasteiger partial charge in [-0.1, -0.05) is 114 Å². The molecule has 0 saturated heterocycles. The number of pyridine rings is 1. The summed E-state index contributed by atoms with van der Waals surface area (Å²) in [6.07, 6.45) is 3.34. The summed E-state index contributed by atoms with van der Waals surface area (Å²) in [4.78, 5) is 19.0. The third kappa shape index (κ3) is 5.27. The summed E-state index contributed by atoms with van der Waals surface area (Å²) in [6.45, 7) is 16.0. The van der Waals surface area contributed by atoms with Crippen molar-refractivity contribution in [3.63, 3.8) is 0 Å². The number of fused-ring (bicyclic) bond motifs is 4. The van der Waals surface area contributed by atoms with Crippen LogP contribution in [-0.2, 0) is 24.9 Å². The molecule has 0 amide bonds. The van der Waals surface area contributed by atoms with Crippen molar-refractivity contribution in [3.05, 3.63) is 78.7 Å². The van der Waals surface area contributed by atoms with Crippen LogP contribution in [0.1, 0.15) is 41.5 Å². The molecule has 0 fully saturated rings. The van der Waals surface area contributed by atoms with Crippen molar-refractivity contribution in [3.8, 4) is 22.4 Å². The number of aliphatic hydroxyl groups is 1. The summed E-state index contributed by atoms with van der Waals surface area (Å²) in [6, 6.07) is 23.4. The molecule has 0 atom stereocenters. The molecule has 0 unspecified atom stereocenters. The Morgan fingerprint density at radius 2 is 1.60 bits per heavy atom. The summed E-state index contributed by atoms with van der Waals surface area (Å²) in [5.41, 5.74) is 4.33. The van der Waals surface area contributed by atoms with Crippen molar-refractivity contribution >= 4 is 46.8 Å². The van der Waals surface area contributed by atoms with E-state index in [4.69, 9.17) is 4.98 Å². The number of aliphatic hydroxyl groups excluding tert-OH is 1. The normalized spacial score (nSPS) is 14.8. The van der Waals surface area contributed by atoms with Gasteiger partial charge < -0.3 is 10.1 Å². The fourth-order valence-corrected chi connectivity index (χ4v) is 9.47. The molecule has 0 spiro atoms. The molecule has 3 aromatic carbocycles. The smallest absolute Gasteiger partial charge is 0.164 e. The monoisotopic (exact) mass is 743 g/mol. The molecule has 40 heavy (non-hydrogen) atoms. The van der Waals surface area contributed by atoms with Crippen molar-refractivity contribution in [2.24, 2.45) is 10.8 Å². The fraction of sp³-hybridized carbons (Fsp3) is 0.294. The Kier molecular flexibility index (Phi) is 8.16. The first-order valence-corrected chi connectivity index (χ1v) is 17.2. The largest absolute Gasteiger partial charge is 0.512 e. The topological polar surface area (TPSA) is 50.2 Å². The molecule has 1 aromatic heterocycles. The summed E-state index contributed by atoms with van der Waals surface area (Å²) in [5, 5.41) is 15.1. The van der Waals surface area contributed by atoms with Gasteiger partial charge in [0.25, 0.3) is 0 Å². The van der Waals surface area contributed by atoms with Crippen LogP contribution in [0, 0.1) is 16.9 Å². The van der Waals surface area contributed by atoms with E-state index in [1.54, 1.807) is 5.19 Å². The number of carbonyl (C=O) groups excluding carboxylic acids is 1. The zero-order valence-corrected chi connectivity index (χ0v) is 28.6. The molecule has 0 aliphatic carbocycles. The van der Waals surface area contributed by atoms with E-state index >= 15 is 0 Å². The maximum Gasteiger partial charge on any atom is 0.164 e. The average Bonchev–Trinajstić information content (AvgIpc) is 3.01. The molecule has 2 aliphatic rings. The maximum atomic E-state index is 11.5. The number of ketones is 1. The van der Waals surface area contributed by atoms with Gasteiger partial charge in [0.15, 0.2) is 5.78 Å². The number of nitrogens with zero attached hydrogens (tertiary/aromatic N) is 1. The SMILES string of the molecule is CC(C)(C)C(=O)/C=C(\O)C(C)(C)C.C[Si]1(C)c2cc[c-]c3c2-c2c(cccc21)Sc1c-3ncc2ccccc12.[Ir]. The van der Waals surface area contributed by atoms with E-state index in [0.717, 1.165) is 5.69 Å². The van der Waals surface area contributed by atoms with Crippen molar-refractivity contribution in [2.45, 2.75) is 64.4 Å². The van der Waals surface area contributed by atoms with Gasteiger partial charge in [-0.15, -0.1) is 28.9 Å². The van der Waals surface area contributed by atoms with Crippen LogP contribution in [0.5, 0.6) is 0 Å². The molecule has 209 valence electrons. The number of benzene rings is 3. The number of aromatic nitrogens is 1. The molecule has 1 radical (unpaired) electrons. The molecule has 6 rings (SSSR count). The van der Waals surface area contributed by atoms with Crippen molar-refractivity contribution in [2.75, 3.05) is 0 Å². The van der Waals surface area contributed by atoms with E-state index in [0.29, 0.717) is 0 Å². The Hall–Kier alpha value is -2.50. The standard InChI is InChI=1S/C23H16NSSi.C11H20O2.Ir/c1-26(2)18-11-5-9-16-20(18)21-17(10-6-12-19(21)26)25-23-15-8-4-3-7-14(15)13-24-22(16)23;1-10(2,3)8(12)7-9(13)11(4,5)6;/h3-8,10-13H,1-2H3;7,12H,1-6H3;/q-1;;/b;8-7-;. The predicted molar refractivity (Wildman–Crippen MR) is 167 cm³/mol. The van der Waals surface area contributed by atoms with Gasteiger partial charge in [-0.2, -0.15) is 0 Å². The van der Waals surface area contributed by atoms with Crippen molar-refractivity contribution in [1.82, 2.24) is 4.98 Å². The van der Waals surface area contributed by atoms with Gasteiger partial charge in [-0.05, 0) is 22.4 Å². The van der Waals surface area contributed by atoms with Crippen molar-refractivity contribution in [1.29, 1.82) is 0 Å². The van der Waals surface area contributed by atoms with Crippen LogP contribution in [0.2, 0.25) is 13.1 Å². The van der Waals surface area contributed by atoms with Gasteiger partial charge in [0.05, 0.1) is 8.07 Å². The Balaban J connectivity index is 0.000000229. The molecule has 3 heterocycles. The van der Waals surface area contributed by atoms with Crippen LogP contribution < -0.4 is 10.4 Å². The van der Waals surface area contributed by atoms with E-state index in [1.165, 1.54) is 48.5 Å². The molecular formula is C34H36IrNO2SSi-. The molecule has 1 N–H and O–H groups in total. The average molecular weight is 743 g/mol. The van der Waals surface area contributed by atoms with Crippen LogP contribution >= 0.6 is 11.8 Å². The molecule has 4 aromatic rings. The Bertz CT molecular complexity index is 1660. The predicted octanol–water partition coefficient (Wildman–Crippen LogP) is 8.06. The Labute approximate surface area is 256 Å². The first-order chi connectivity index (χ1) is 18.2. The third-order valence-electron chi connectivity index (χ3n) is 7.60. The minimum Gasteiger partial charge on any atom is -0.512 e.